The van der Waals surface area contributed by atoms with Crippen LogP contribution < -0.4 is 11.1 Å². The first-order chi connectivity index (χ1) is 11.3. The van der Waals surface area contributed by atoms with Crippen LogP contribution in [0.5, 0.6) is 0 Å². The Morgan fingerprint density at radius 2 is 1.96 bits per heavy atom. The molecule has 0 aliphatic heterocycles. The second kappa shape index (κ2) is 5.77. The van der Waals surface area contributed by atoms with Crippen LogP contribution in [-0.4, -0.2) is 22.1 Å². The van der Waals surface area contributed by atoms with Crippen molar-refractivity contribution in [3.05, 3.63) is 41.1 Å². The van der Waals surface area contributed by atoms with Crippen LogP contribution in [0.25, 0.3) is 11.3 Å². The first kappa shape index (κ1) is 16.2. The normalized spacial score (nSPS) is 14.5. The molecule has 24 heavy (non-hydrogen) atoms. The van der Waals surface area contributed by atoms with Crippen molar-refractivity contribution >= 4 is 11.6 Å². The smallest absolute Gasteiger partial charge is 0.382 e. The second-order valence-electron chi connectivity index (χ2n) is 5.79. The molecule has 1 amide bonds. The largest absolute Gasteiger partial charge is 0.416 e. The van der Waals surface area contributed by atoms with Crippen LogP contribution in [0.1, 0.15) is 34.5 Å². The number of alkyl halides is 3. The Kier molecular flexibility index (Phi) is 3.90. The van der Waals surface area contributed by atoms with E-state index >= 15 is 0 Å². The summed E-state index contributed by atoms with van der Waals surface area (Å²) in [4.78, 5) is 11.7. The number of hydrogen-bond acceptors (Lipinski definition) is 4. The average Bonchev–Trinajstić information content (AvgIpc) is 3.30. The van der Waals surface area contributed by atoms with Gasteiger partial charge in [-0.2, -0.15) is 18.3 Å². The minimum atomic E-state index is -4.45. The molecule has 1 aromatic heterocycles. The molecule has 1 aliphatic rings. The van der Waals surface area contributed by atoms with Crippen molar-refractivity contribution in [3.63, 3.8) is 0 Å². The van der Waals surface area contributed by atoms with Crippen LogP contribution >= 0.6 is 0 Å². The van der Waals surface area contributed by atoms with Crippen molar-refractivity contribution < 1.29 is 18.0 Å². The number of hydrogen-bond donors (Lipinski definition) is 2. The number of aromatic nitrogens is 2. The molecule has 1 saturated carbocycles. The number of aryl methyl sites for hydroxylation is 1. The lowest BCUT2D eigenvalue weighted by Gasteiger charge is -2.16. The molecular weight excluding hydrogens is 321 g/mol. The van der Waals surface area contributed by atoms with E-state index in [4.69, 9.17) is 5.73 Å². The van der Waals surface area contributed by atoms with Gasteiger partial charge >= 0.3 is 6.18 Å². The van der Waals surface area contributed by atoms with Gasteiger partial charge in [-0.05, 0) is 38.0 Å². The zero-order valence-corrected chi connectivity index (χ0v) is 12.8. The van der Waals surface area contributed by atoms with Gasteiger partial charge in [-0.15, -0.1) is 5.10 Å². The Morgan fingerprint density at radius 1 is 1.25 bits per heavy atom. The zero-order valence-electron chi connectivity index (χ0n) is 12.8. The maximum Gasteiger partial charge on any atom is 0.416 e. The van der Waals surface area contributed by atoms with Crippen LogP contribution in [0.4, 0.5) is 18.9 Å². The number of nitrogens with zero attached hydrogens (tertiary/aromatic N) is 2. The highest BCUT2D eigenvalue weighted by Crippen LogP contribution is 2.38. The minimum Gasteiger partial charge on any atom is -0.382 e. The summed E-state index contributed by atoms with van der Waals surface area (Å²) in [6.45, 7) is 1.65. The first-order valence-corrected chi connectivity index (χ1v) is 7.38. The minimum absolute atomic E-state index is 0.126. The number of anilines is 1. The molecule has 1 aliphatic carbocycles. The molecule has 3 rings (SSSR count). The van der Waals surface area contributed by atoms with E-state index in [-0.39, 0.29) is 23.0 Å². The lowest BCUT2D eigenvalue weighted by atomic mass is 10.0. The highest BCUT2D eigenvalue weighted by Gasteiger charge is 2.32. The molecule has 1 heterocycles. The summed E-state index contributed by atoms with van der Waals surface area (Å²) in [6.07, 6.45) is -2.68. The van der Waals surface area contributed by atoms with Crippen molar-refractivity contribution in [1.82, 2.24) is 10.2 Å². The third kappa shape index (κ3) is 3.32. The lowest BCUT2D eigenvalue weighted by Crippen LogP contribution is -2.15. The molecule has 0 spiro atoms. The molecule has 3 N–H and O–H groups in total. The van der Waals surface area contributed by atoms with Crippen LogP contribution in [0, 0.1) is 6.92 Å². The monoisotopic (exact) mass is 336 g/mol. The standard InChI is InChI=1S/C16H15F3N4O/c1-8-6-12(15(20)24)14(23-22-8)11-5-2-9(16(17,18)19)7-13(11)21-10-3-4-10/h2,5-7,10,21H,3-4H2,1H3,(H2,20,24). The Balaban J connectivity index is 2.15. The van der Waals surface area contributed by atoms with E-state index < -0.39 is 17.6 Å². The number of nitrogens with one attached hydrogen (secondary N) is 1. The molecule has 8 heteroatoms. The summed E-state index contributed by atoms with van der Waals surface area (Å²) >= 11 is 0. The van der Waals surface area contributed by atoms with Gasteiger partial charge in [0.25, 0.3) is 5.91 Å². The quantitative estimate of drug-likeness (QED) is 0.899. The number of carbonyl (C=O) groups excluding carboxylic acids is 1. The van der Waals surface area contributed by atoms with Crippen molar-refractivity contribution in [2.24, 2.45) is 5.73 Å². The van der Waals surface area contributed by atoms with Gasteiger partial charge in [-0.25, -0.2) is 0 Å². The van der Waals surface area contributed by atoms with Crippen LogP contribution in [0.15, 0.2) is 24.3 Å². The number of halogens is 3. The molecule has 2 aromatic rings. The Labute approximate surface area is 136 Å². The van der Waals surface area contributed by atoms with Gasteiger partial charge in [-0.1, -0.05) is 6.07 Å². The SMILES string of the molecule is Cc1cc(C(N)=O)c(-c2ccc(C(F)(F)F)cc2NC2CC2)nn1. The van der Waals surface area contributed by atoms with Crippen LogP contribution in [0.2, 0.25) is 0 Å². The highest BCUT2D eigenvalue weighted by atomic mass is 19.4. The van der Waals surface area contributed by atoms with Gasteiger partial charge in [-0.3, -0.25) is 4.79 Å². The topological polar surface area (TPSA) is 80.9 Å². The number of carbonyl (C=O) groups is 1. The molecule has 5 nitrogen and oxygen atoms in total. The van der Waals surface area contributed by atoms with E-state index in [1.54, 1.807) is 6.92 Å². The molecule has 0 saturated heterocycles. The Bertz CT molecular complexity index is 800. The van der Waals surface area contributed by atoms with E-state index in [1.165, 1.54) is 12.1 Å². The molecule has 0 bridgehead atoms. The van der Waals surface area contributed by atoms with Crippen molar-refractivity contribution in [1.29, 1.82) is 0 Å². The van der Waals surface area contributed by atoms with E-state index in [2.05, 4.69) is 15.5 Å². The predicted molar refractivity (Wildman–Crippen MR) is 82.4 cm³/mol. The fourth-order valence-corrected chi connectivity index (χ4v) is 2.37. The summed E-state index contributed by atoms with van der Waals surface area (Å²) in [5.41, 5.74) is 6.04. The van der Waals surface area contributed by atoms with Gasteiger partial charge in [0.05, 0.1) is 16.8 Å². The number of primary amides is 1. The summed E-state index contributed by atoms with van der Waals surface area (Å²) < 4.78 is 39.0. The van der Waals surface area contributed by atoms with Crippen molar-refractivity contribution in [3.8, 4) is 11.3 Å². The Hall–Kier alpha value is -2.64. The van der Waals surface area contributed by atoms with Crippen molar-refractivity contribution in [2.75, 3.05) is 5.32 Å². The fourth-order valence-electron chi connectivity index (χ4n) is 2.37. The molecule has 0 radical (unpaired) electrons. The molecule has 1 aromatic carbocycles. The van der Waals surface area contributed by atoms with Crippen LogP contribution in [0.3, 0.4) is 0 Å². The second-order valence-corrected chi connectivity index (χ2v) is 5.79. The number of nitrogens with two attached hydrogens (primary N) is 1. The summed E-state index contributed by atoms with van der Waals surface area (Å²) in [6, 6.07) is 4.88. The maximum absolute atomic E-state index is 13.0. The average molecular weight is 336 g/mol. The molecule has 0 atom stereocenters. The lowest BCUT2D eigenvalue weighted by molar-refractivity contribution is -0.137. The van der Waals surface area contributed by atoms with Crippen LogP contribution in [-0.2, 0) is 6.18 Å². The fraction of sp³-hybridized carbons (Fsp3) is 0.312. The van der Waals surface area contributed by atoms with Gasteiger partial charge in [0.2, 0.25) is 0 Å². The number of rotatable bonds is 4. The maximum atomic E-state index is 13.0. The number of benzene rings is 1. The Morgan fingerprint density at radius 3 is 2.54 bits per heavy atom. The summed E-state index contributed by atoms with van der Waals surface area (Å²) in [5, 5.41) is 10.9. The van der Waals surface area contributed by atoms with Gasteiger partial charge in [0.15, 0.2) is 0 Å². The third-order valence-electron chi connectivity index (χ3n) is 3.72. The zero-order chi connectivity index (χ0) is 17.5. The van der Waals surface area contributed by atoms with Crippen molar-refractivity contribution in [2.45, 2.75) is 32.0 Å². The van der Waals surface area contributed by atoms with E-state index in [0.717, 1.165) is 25.0 Å². The summed E-state index contributed by atoms with van der Waals surface area (Å²) in [7, 11) is 0. The van der Waals surface area contributed by atoms with Gasteiger partial charge in [0.1, 0.15) is 5.69 Å². The molecular formula is C16H15F3N4O. The molecule has 1 fully saturated rings. The molecule has 0 unspecified atom stereocenters. The van der Waals surface area contributed by atoms with Gasteiger partial charge < -0.3 is 11.1 Å². The first-order valence-electron chi connectivity index (χ1n) is 7.38. The predicted octanol–water partition coefficient (Wildman–Crippen LogP) is 3.14. The van der Waals surface area contributed by atoms with E-state index in [1.807, 2.05) is 0 Å². The third-order valence-corrected chi connectivity index (χ3v) is 3.72. The molecule has 126 valence electrons. The van der Waals surface area contributed by atoms with E-state index in [0.29, 0.717) is 11.3 Å². The van der Waals surface area contributed by atoms with E-state index in [9.17, 15) is 18.0 Å². The summed E-state index contributed by atoms with van der Waals surface area (Å²) in [5.74, 6) is -0.708. The number of amides is 1. The van der Waals surface area contributed by atoms with Gasteiger partial charge in [0, 0.05) is 17.3 Å². The highest BCUT2D eigenvalue weighted by molar-refractivity contribution is 6.00.